The number of guanidine groups is 1. The number of ether oxygens (including phenoxy) is 2. The van der Waals surface area contributed by atoms with Crippen LogP contribution in [0.1, 0.15) is 44.5 Å². The van der Waals surface area contributed by atoms with Crippen molar-refractivity contribution < 1.29 is 9.47 Å². The first-order valence-corrected chi connectivity index (χ1v) is 10.9. The van der Waals surface area contributed by atoms with Gasteiger partial charge >= 0.3 is 0 Å². The first-order chi connectivity index (χ1) is 14.8. The summed E-state index contributed by atoms with van der Waals surface area (Å²) in [4.78, 5) is 4.73. The van der Waals surface area contributed by atoms with Crippen molar-refractivity contribution >= 4 is 29.9 Å². The molecule has 0 radical (unpaired) electrons. The van der Waals surface area contributed by atoms with E-state index < -0.39 is 0 Å². The molecule has 8 nitrogen and oxygen atoms in total. The smallest absolute Gasteiger partial charge is 0.191 e. The van der Waals surface area contributed by atoms with Crippen LogP contribution in [0.25, 0.3) is 0 Å². The van der Waals surface area contributed by atoms with E-state index in [1.807, 2.05) is 24.3 Å². The van der Waals surface area contributed by atoms with Crippen LogP contribution >= 0.6 is 24.0 Å². The zero-order valence-corrected chi connectivity index (χ0v) is 21.3. The second kappa shape index (κ2) is 16.8. The Morgan fingerprint density at radius 3 is 2.52 bits per heavy atom. The molecule has 0 fully saturated rings. The van der Waals surface area contributed by atoms with E-state index in [1.54, 1.807) is 13.4 Å². The van der Waals surface area contributed by atoms with Gasteiger partial charge in [0.1, 0.15) is 17.9 Å². The molecule has 31 heavy (non-hydrogen) atoms. The van der Waals surface area contributed by atoms with E-state index in [9.17, 15) is 0 Å². The number of aromatic nitrogens is 3. The summed E-state index contributed by atoms with van der Waals surface area (Å²) in [5.74, 6) is 2.64. The van der Waals surface area contributed by atoms with Crippen LogP contribution in [0.15, 0.2) is 35.6 Å². The maximum absolute atomic E-state index is 5.63. The van der Waals surface area contributed by atoms with Crippen LogP contribution in [-0.2, 0) is 24.2 Å². The van der Waals surface area contributed by atoms with Gasteiger partial charge in [-0.15, -0.1) is 34.2 Å². The van der Waals surface area contributed by atoms with E-state index in [2.05, 4.69) is 39.2 Å². The zero-order chi connectivity index (χ0) is 21.4. The predicted molar refractivity (Wildman–Crippen MR) is 135 cm³/mol. The van der Waals surface area contributed by atoms with E-state index in [0.717, 1.165) is 81.6 Å². The normalized spacial score (nSPS) is 11.1. The molecule has 0 spiro atoms. The molecule has 1 aromatic carbocycles. The topological polar surface area (TPSA) is 85.6 Å². The van der Waals surface area contributed by atoms with E-state index >= 15 is 0 Å². The van der Waals surface area contributed by atoms with E-state index in [4.69, 9.17) is 14.5 Å². The highest BCUT2D eigenvalue weighted by Gasteiger charge is 2.03. The molecule has 0 aliphatic heterocycles. The van der Waals surface area contributed by atoms with Gasteiger partial charge in [-0.1, -0.05) is 32.4 Å². The third-order valence-electron chi connectivity index (χ3n) is 4.64. The van der Waals surface area contributed by atoms with Gasteiger partial charge in [-0.2, -0.15) is 0 Å². The standard InChI is InChI=1S/C22H36N6O2.HI/c1-4-6-15-30-16-7-12-23-22(24-13-14-28-18-26-27-21(28)5-2)25-17-19-8-10-20(29-3)11-9-19;/h8-11,18H,4-7,12-17H2,1-3H3,(H2,23,24,25);1H. The highest BCUT2D eigenvalue weighted by atomic mass is 127. The molecule has 0 saturated heterocycles. The summed E-state index contributed by atoms with van der Waals surface area (Å²) in [7, 11) is 1.67. The van der Waals surface area contributed by atoms with Gasteiger partial charge in [-0.25, -0.2) is 4.99 Å². The second-order valence-corrected chi connectivity index (χ2v) is 6.98. The number of halogens is 1. The van der Waals surface area contributed by atoms with Crippen molar-refractivity contribution in [1.29, 1.82) is 0 Å². The molecule has 0 saturated carbocycles. The number of rotatable bonds is 14. The van der Waals surface area contributed by atoms with E-state index in [-0.39, 0.29) is 24.0 Å². The molecule has 2 aromatic rings. The summed E-state index contributed by atoms with van der Waals surface area (Å²) in [5.41, 5.74) is 1.13. The SMILES string of the molecule is CCCCOCCCNC(=NCc1ccc(OC)cc1)NCCn1cnnc1CC.I. The minimum Gasteiger partial charge on any atom is -0.497 e. The van der Waals surface area contributed by atoms with Crippen LogP contribution in [0.2, 0.25) is 0 Å². The van der Waals surface area contributed by atoms with Crippen LogP contribution in [-0.4, -0.2) is 54.1 Å². The van der Waals surface area contributed by atoms with Gasteiger partial charge in [-0.05, 0) is 30.5 Å². The number of aryl methyl sites for hydroxylation is 1. The lowest BCUT2D eigenvalue weighted by Crippen LogP contribution is -2.39. The predicted octanol–water partition coefficient (Wildman–Crippen LogP) is 3.41. The molecule has 0 bridgehead atoms. The lowest BCUT2D eigenvalue weighted by molar-refractivity contribution is 0.129. The highest BCUT2D eigenvalue weighted by molar-refractivity contribution is 14.0. The summed E-state index contributed by atoms with van der Waals surface area (Å²) in [6.45, 7) is 8.80. The van der Waals surface area contributed by atoms with Crippen molar-refractivity contribution in [2.75, 3.05) is 33.4 Å². The largest absolute Gasteiger partial charge is 0.497 e. The van der Waals surface area contributed by atoms with Gasteiger partial charge in [0.2, 0.25) is 0 Å². The van der Waals surface area contributed by atoms with Gasteiger partial charge in [0, 0.05) is 39.3 Å². The van der Waals surface area contributed by atoms with Crippen molar-refractivity contribution in [2.24, 2.45) is 4.99 Å². The Morgan fingerprint density at radius 1 is 1.06 bits per heavy atom. The molecule has 0 aliphatic rings. The Labute approximate surface area is 203 Å². The van der Waals surface area contributed by atoms with Crippen LogP contribution in [0, 0.1) is 0 Å². The number of aliphatic imine (C=N–C) groups is 1. The van der Waals surface area contributed by atoms with Crippen LogP contribution < -0.4 is 15.4 Å². The number of nitrogens with zero attached hydrogens (tertiary/aromatic N) is 4. The van der Waals surface area contributed by atoms with E-state index in [1.165, 1.54) is 0 Å². The Hall–Kier alpha value is -1.88. The molecule has 2 N–H and O–H groups in total. The molecular formula is C22H37IN6O2. The molecule has 9 heteroatoms. The average Bonchev–Trinajstić information content (AvgIpc) is 3.24. The van der Waals surface area contributed by atoms with Gasteiger partial charge in [0.25, 0.3) is 0 Å². The summed E-state index contributed by atoms with van der Waals surface area (Å²) in [6.07, 6.45) is 5.87. The molecule has 2 rings (SSSR count). The molecule has 0 amide bonds. The zero-order valence-electron chi connectivity index (χ0n) is 19.0. The number of hydrogen-bond donors (Lipinski definition) is 2. The van der Waals surface area contributed by atoms with Crippen LogP contribution in [0.4, 0.5) is 0 Å². The van der Waals surface area contributed by atoms with Gasteiger partial charge in [0.15, 0.2) is 5.96 Å². The molecular weight excluding hydrogens is 507 g/mol. The van der Waals surface area contributed by atoms with Gasteiger partial charge < -0.3 is 24.7 Å². The number of unbranched alkanes of at least 4 members (excludes halogenated alkanes) is 1. The van der Waals surface area contributed by atoms with Crippen molar-refractivity contribution in [1.82, 2.24) is 25.4 Å². The highest BCUT2D eigenvalue weighted by Crippen LogP contribution is 2.11. The fourth-order valence-corrected chi connectivity index (χ4v) is 2.84. The molecule has 1 heterocycles. The molecule has 0 unspecified atom stereocenters. The number of methoxy groups -OCH3 is 1. The third-order valence-corrected chi connectivity index (χ3v) is 4.64. The van der Waals surface area contributed by atoms with Crippen molar-refractivity contribution in [3.05, 3.63) is 42.0 Å². The lowest BCUT2D eigenvalue weighted by atomic mass is 10.2. The fraction of sp³-hybridized carbons (Fsp3) is 0.591. The van der Waals surface area contributed by atoms with Crippen molar-refractivity contribution in [3.8, 4) is 5.75 Å². The average molecular weight is 544 g/mol. The summed E-state index contributed by atoms with van der Waals surface area (Å²) < 4.78 is 12.9. The number of hydrogen-bond acceptors (Lipinski definition) is 5. The first-order valence-electron chi connectivity index (χ1n) is 10.9. The summed E-state index contributed by atoms with van der Waals surface area (Å²) in [5, 5.41) is 14.9. The second-order valence-electron chi connectivity index (χ2n) is 6.98. The van der Waals surface area contributed by atoms with Crippen LogP contribution in [0.5, 0.6) is 5.75 Å². The third kappa shape index (κ3) is 10.8. The maximum Gasteiger partial charge on any atom is 0.191 e. The quantitative estimate of drug-likeness (QED) is 0.164. The fourth-order valence-electron chi connectivity index (χ4n) is 2.84. The van der Waals surface area contributed by atoms with Gasteiger partial charge in [0.05, 0.1) is 13.7 Å². The Morgan fingerprint density at radius 2 is 1.81 bits per heavy atom. The molecule has 0 aliphatic carbocycles. The molecule has 0 atom stereocenters. The van der Waals surface area contributed by atoms with Crippen molar-refractivity contribution in [3.63, 3.8) is 0 Å². The summed E-state index contributed by atoms with van der Waals surface area (Å²) in [6, 6.07) is 7.98. The van der Waals surface area contributed by atoms with Crippen LogP contribution in [0.3, 0.4) is 0 Å². The Bertz CT molecular complexity index is 736. The van der Waals surface area contributed by atoms with Gasteiger partial charge in [-0.3, -0.25) is 0 Å². The maximum atomic E-state index is 5.63. The molecule has 1 aromatic heterocycles. The van der Waals surface area contributed by atoms with Crippen molar-refractivity contribution in [2.45, 2.75) is 52.6 Å². The minimum atomic E-state index is 0. The lowest BCUT2D eigenvalue weighted by Gasteiger charge is -2.14. The first kappa shape index (κ1) is 27.2. The number of benzene rings is 1. The van der Waals surface area contributed by atoms with E-state index in [0.29, 0.717) is 6.54 Å². The minimum absolute atomic E-state index is 0. The summed E-state index contributed by atoms with van der Waals surface area (Å²) >= 11 is 0. The Kier molecular flexibility index (Phi) is 14.7. The monoisotopic (exact) mass is 544 g/mol. The number of nitrogens with one attached hydrogen (secondary N) is 2. The Balaban J connectivity index is 0.00000480. The molecule has 174 valence electrons.